The number of phosphoric ester groups is 1. The summed E-state index contributed by atoms with van der Waals surface area (Å²) in [6, 6.07) is 0. The molecule has 1 heterocycles. The smallest absolute Gasteiger partial charge is 0.373 e. The summed E-state index contributed by atoms with van der Waals surface area (Å²) in [5, 5.41) is 0. The quantitative estimate of drug-likeness (QED) is 0.749. The molecule has 22 heavy (non-hydrogen) atoms. The molecule has 0 amide bonds. The van der Waals surface area contributed by atoms with Crippen molar-refractivity contribution in [2.45, 2.75) is 96.4 Å². The second kappa shape index (κ2) is 6.88. The average molecular weight is 336 g/mol. The van der Waals surface area contributed by atoms with E-state index >= 15 is 0 Å². The second-order valence-corrected chi connectivity index (χ2v) is 8.30. The maximum Gasteiger partial charge on any atom is 0.473 e. The van der Waals surface area contributed by atoms with E-state index in [1.54, 1.807) is 13.8 Å². The maximum absolute atomic E-state index is 12.3. The van der Waals surface area contributed by atoms with Crippen molar-refractivity contribution in [3.05, 3.63) is 0 Å². The zero-order valence-corrected chi connectivity index (χ0v) is 15.0. The van der Waals surface area contributed by atoms with Gasteiger partial charge in [0.2, 0.25) is 0 Å². The van der Waals surface area contributed by atoms with Crippen LogP contribution in [-0.4, -0.2) is 41.0 Å². The van der Waals surface area contributed by atoms with Crippen LogP contribution < -0.4 is 0 Å². The lowest BCUT2D eigenvalue weighted by Crippen LogP contribution is -2.52. The van der Waals surface area contributed by atoms with E-state index < -0.39 is 13.4 Å². The topological polar surface area (TPSA) is 74.2 Å². The Hall–Kier alpha value is 0.0300. The fourth-order valence-electron chi connectivity index (χ4n) is 3.59. The first-order valence-electron chi connectivity index (χ1n) is 8.16. The number of phosphoric acid groups is 1. The Bertz CT molecular complexity index is 426. The van der Waals surface area contributed by atoms with Crippen molar-refractivity contribution in [1.29, 1.82) is 0 Å². The van der Waals surface area contributed by atoms with Gasteiger partial charge < -0.3 is 14.4 Å². The normalized spacial score (nSPS) is 38.3. The highest BCUT2D eigenvalue weighted by molar-refractivity contribution is 7.47. The van der Waals surface area contributed by atoms with Crippen molar-refractivity contribution in [3.8, 4) is 0 Å². The lowest BCUT2D eigenvalue weighted by molar-refractivity contribution is -0.157. The van der Waals surface area contributed by atoms with E-state index in [1.165, 1.54) is 0 Å². The van der Waals surface area contributed by atoms with E-state index in [2.05, 4.69) is 0 Å². The Morgan fingerprint density at radius 3 is 2.55 bits per heavy atom. The van der Waals surface area contributed by atoms with E-state index in [-0.39, 0.29) is 30.5 Å². The summed E-state index contributed by atoms with van der Waals surface area (Å²) in [4.78, 5) is 10.0. The van der Waals surface area contributed by atoms with Crippen LogP contribution >= 0.6 is 7.82 Å². The third kappa shape index (κ3) is 4.31. The molecule has 130 valence electrons. The first kappa shape index (κ1) is 18.4. The average Bonchev–Trinajstić information content (AvgIpc) is 2.62. The highest BCUT2D eigenvalue weighted by Gasteiger charge is 2.57. The molecule has 1 N–H and O–H groups in total. The summed E-state index contributed by atoms with van der Waals surface area (Å²) in [6.45, 7) is 9.34. The highest BCUT2D eigenvalue weighted by Crippen LogP contribution is 2.56. The second-order valence-electron chi connectivity index (χ2n) is 6.97. The minimum Gasteiger partial charge on any atom is -0.373 e. The Kier molecular flexibility index (Phi) is 5.74. The molecule has 1 aliphatic carbocycles. The summed E-state index contributed by atoms with van der Waals surface area (Å²) >= 11 is 0. The first-order chi connectivity index (χ1) is 10.1. The van der Waals surface area contributed by atoms with Gasteiger partial charge >= 0.3 is 7.82 Å². The van der Waals surface area contributed by atoms with E-state index in [9.17, 15) is 9.46 Å². The number of fused-ring (bicyclic) bond motifs is 1. The summed E-state index contributed by atoms with van der Waals surface area (Å²) < 4.78 is 35.0. The molecule has 3 unspecified atom stereocenters. The van der Waals surface area contributed by atoms with E-state index in [4.69, 9.17) is 18.5 Å². The molecule has 1 saturated carbocycles. The van der Waals surface area contributed by atoms with Crippen molar-refractivity contribution >= 4 is 7.82 Å². The fraction of sp³-hybridized carbons (Fsp3) is 1.00. The zero-order valence-electron chi connectivity index (χ0n) is 14.2. The molecule has 1 aliphatic heterocycles. The van der Waals surface area contributed by atoms with Crippen LogP contribution in [-0.2, 0) is 23.1 Å². The maximum atomic E-state index is 12.3. The summed E-state index contributed by atoms with van der Waals surface area (Å²) in [6.07, 6.45) is 2.26. The van der Waals surface area contributed by atoms with E-state index in [0.717, 1.165) is 12.8 Å². The fourth-order valence-corrected chi connectivity index (χ4v) is 4.90. The minimum atomic E-state index is -4.12. The van der Waals surface area contributed by atoms with Gasteiger partial charge in [0.05, 0.1) is 24.4 Å². The van der Waals surface area contributed by atoms with Gasteiger partial charge in [-0.25, -0.2) is 4.57 Å². The Labute approximate surface area is 133 Å². The third-order valence-electron chi connectivity index (χ3n) is 4.04. The van der Waals surface area contributed by atoms with Gasteiger partial charge in [-0.05, 0) is 53.9 Å². The van der Waals surface area contributed by atoms with Gasteiger partial charge in [-0.15, -0.1) is 0 Å². The van der Waals surface area contributed by atoms with Crippen LogP contribution in [0.2, 0.25) is 0 Å². The molecule has 5 atom stereocenters. The molecule has 7 heteroatoms. The van der Waals surface area contributed by atoms with Crippen LogP contribution in [0.25, 0.3) is 0 Å². The molecule has 0 radical (unpaired) electrons. The van der Waals surface area contributed by atoms with Crippen LogP contribution in [0.15, 0.2) is 0 Å². The number of hydrogen-bond donors (Lipinski definition) is 1. The molecule has 0 bridgehead atoms. The molecule has 2 fully saturated rings. The van der Waals surface area contributed by atoms with Crippen LogP contribution in [0.4, 0.5) is 0 Å². The minimum absolute atomic E-state index is 0.0274. The molecule has 0 spiro atoms. The molecule has 2 rings (SSSR count). The standard InChI is InChI=1S/C15H29O6P/c1-10(2)18-13-7-6-8-15(9-12(5)19-14(13)15)21-22(16,17)20-11(3)4/h10-14H,6-9H2,1-5H3,(H,16,17)/t12-,13+,14?,15?/m0/s1. The van der Waals surface area contributed by atoms with Gasteiger partial charge in [0.1, 0.15) is 11.7 Å². The van der Waals surface area contributed by atoms with Gasteiger partial charge in [-0.2, -0.15) is 0 Å². The summed E-state index contributed by atoms with van der Waals surface area (Å²) in [5.41, 5.74) is -0.795. The Morgan fingerprint density at radius 1 is 1.27 bits per heavy atom. The van der Waals surface area contributed by atoms with Crippen molar-refractivity contribution in [2.24, 2.45) is 0 Å². The molecule has 0 aromatic rings. The van der Waals surface area contributed by atoms with Crippen molar-refractivity contribution < 1.29 is 28.0 Å². The van der Waals surface area contributed by atoms with Gasteiger partial charge in [0, 0.05) is 6.42 Å². The first-order valence-corrected chi connectivity index (χ1v) is 9.66. The van der Waals surface area contributed by atoms with Gasteiger partial charge in [0.25, 0.3) is 0 Å². The Balaban J connectivity index is 2.19. The largest absolute Gasteiger partial charge is 0.473 e. The number of ether oxygens (including phenoxy) is 2. The molecule has 1 saturated heterocycles. The monoisotopic (exact) mass is 336 g/mol. The highest BCUT2D eigenvalue weighted by atomic mass is 31.2. The lowest BCUT2D eigenvalue weighted by Gasteiger charge is -2.42. The molecule has 2 aliphatic rings. The number of rotatable bonds is 6. The van der Waals surface area contributed by atoms with E-state index in [1.807, 2.05) is 20.8 Å². The third-order valence-corrected chi connectivity index (χ3v) is 5.33. The van der Waals surface area contributed by atoms with Gasteiger partial charge in [-0.3, -0.25) is 9.05 Å². The van der Waals surface area contributed by atoms with Crippen molar-refractivity contribution in [1.82, 2.24) is 0 Å². The van der Waals surface area contributed by atoms with Crippen LogP contribution in [0.1, 0.15) is 60.3 Å². The van der Waals surface area contributed by atoms with Gasteiger partial charge in [0.15, 0.2) is 0 Å². The van der Waals surface area contributed by atoms with Crippen molar-refractivity contribution in [3.63, 3.8) is 0 Å². The summed E-state index contributed by atoms with van der Waals surface area (Å²) in [5.74, 6) is 0. The Morgan fingerprint density at radius 2 is 1.95 bits per heavy atom. The van der Waals surface area contributed by atoms with Crippen LogP contribution in [0.5, 0.6) is 0 Å². The lowest BCUT2D eigenvalue weighted by atomic mass is 9.79. The van der Waals surface area contributed by atoms with Crippen LogP contribution in [0.3, 0.4) is 0 Å². The van der Waals surface area contributed by atoms with Crippen LogP contribution in [0, 0.1) is 0 Å². The molecule has 0 aromatic carbocycles. The van der Waals surface area contributed by atoms with Gasteiger partial charge in [-0.1, -0.05) is 0 Å². The SMILES string of the molecule is CC(C)O[C@@H]1CCCC2(OP(=O)(O)OC(C)C)C[C@H](C)OC12. The molecular formula is C15H29O6P. The summed E-state index contributed by atoms with van der Waals surface area (Å²) in [7, 11) is -4.12. The molecular weight excluding hydrogens is 307 g/mol. The predicted octanol–water partition coefficient (Wildman–Crippen LogP) is 3.42. The number of hydrogen-bond acceptors (Lipinski definition) is 5. The predicted molar refractivity (Wildman–Crippen MR) is 82.7 cm³/mol. The molecule has 0 aromatic heterocycles. The molecule has 6 nitrogen and oxygen atoms in total. The van der Waals surface area contributed by atoms with Crippen molar-refractivity contribution in [2.75, 3.05) is 0 Å². The zero-order chi connectivity index (χ0) is 16.5. The van der Waals surface area contributed by atoms with E-state index in [0.29, 0.717) is 12.8 Å².